The van der Waals surface area contributed by atoms with Gasteiger partial charge in [0.1, 0.15) is 12.4 Å². The van der Waals surface area contributed by atoms with Gasteiger partial charge in [0.05, 0.1) is 4.90 Å². The van der Waals surface area contributed by atoms with Crippen LogP contribution in [0.3, 0.4) is 0 Å². The van der Waals surface area contributed by atoms with Crippen LogP contribution in [0.1, 0.15) is 43.7 Å². The molecule has 7 heteroatoms. The highest BCUT2D eigenvalue weighted by Gasteiger charge is 2.24. The van der Waals surface area contributed by atoms with Gasteiger partial charge in [-0.3, -0.25) is 4.79 Å². The quantitative estimate of drug-likeness (QED) is 0.667. The van der Waals surface area contributed by atoms with Crippen molar-refractivity contribution in [3.8, 4) is 5.75 Å². The summed E-state index contributed by atoms with van der Waals surface area (Å²) < 4.78 is 33.6. The maximum atomic E-state index is 12.6. The molecule has 0 aromatic heterocycles. The summed E-state index contributed by atoms with van der Waals surface area (Å²) in [6.45, 7) is 7.09. The second-order valence-electron chi connectivity index (χ2n) is 7.54. The van der Waals surface area contributed by atoms with Gasteiger partial charge < -0.3 is 9.64 Å². The smallest absolute Gasteiger partial charge is 0.240 e. The number of anilines is 1. The molecule has 0 spiro atoms. The van der Waals surface area contributed by atoms with E-state index in [2.05, 4.69) is 18.6 Å². The molecule has 2 aromatic carbocycles. The first-order valence-corrected chi connectivity index (χ1v) is 11.4. The van der Waals surface area contributed by atoms with E-state index in [0.29, 0.717) is 18.9 Å². The number of hydrogen-bond acceptors (Lipinski definition) is 4. The van der Waals surface area contributed by atoms with Crippen molar-refractivity contribution >= 4 is 21.6 Å². The fraction of sp³-hybridized carbons (Fsp3) is 0.409. The van der Waals surface area contributed by atoms with E-state index in [1.807, 2.05) is 31.2 Å². The Hall–Kier alpha value is -2.38. The van der Waals surface area contributed by atoms with Crippen LogP contribution in [0.5, 0.6) is 5.75 Å². The van der Waals surface area contributed by atoms with Gasteiger partial charge in [0.15, 0.2) is 0 Å². The first kappa shape index (κ1) is 21.3. The van der Waals surface area contributed by atoms with E-state index >= 15 is 0 Å². The third kappa shape index (κ3) is 4.97. The van der Waals surface area contributed by atoms with Gasteiger partial charge in [-0.25, -0.2) is 13.1 Å². The average molecular weight is 417 g/mol. The summed E-state index contributed by atoms with van der Waals surface area (Å²) in [6.07, 6.45) is 1.38. The highest BCUT2D eigenvalue weighted by Crippen LogP contribution is 2.27. The van der Waals surface area contributed by atoms with Crippen LogP contribution in [0.2, 0.25) is 0 Å². The number of amides is 1. The van der Waals surface area contributed by atoms with Gasteiger partial charge in [0, 0.05) is 25.2 Å². The number of para-hydroxylation sites is 1. The summed E-state index contributed by atoms with van der Waals surface area (Å²) in [5.74, 6) is 1.18. The molecule has 1 N–H and O–H groups in total. The van der Waals surface area contributed by atoms with E-state index in [-0.39, 0.29) is 24.0 Å². The number of aryl methyl sites for hydroxylation is 1. The largest absolute Gasteiger partial charge is 0.492 e. The van der Waals surface area contributed by atoms with Gasteiger partial charge in [0.25, 0.3) is 0 Å². The number of rotatable bonds is 8. The van der Waals surface area contributed by atoms with Crippen LogP contribution < -0.4 is 14.4 Å². The number of carbonyl (C=O) groups is 1. The van der Waals surface area contributed by atoms with Crippen LogP contribution >= 0.6 is 0 Å². The zero-order valence-electron chi connectivity index (χ0n) is 17.1. The van der Waals surface area contributed by atoms with Crippen molar-refractivity contribution in [2.45, 2.75) is 44.4 Å². The molecule has 0 radical (unpaired) electrons. The van der Waals surface area contributed by atoms with E-state index in [1.54, 1.807) is 23.1 Å². The molecule has 1 amide bonds. The Morgan fingerprint density at radius 2 is 1.93 bits per heavy atom. The number of ether oxygens (including phenoxy) is 1. The van der Waals surface area contributed by atoms with Crippen LogP contribution in [0, 0.1) is 6.92 Å². The molecule has 29 heavy (non-hydrogen) atoms. The van der Waals surface area contributed by atoms with E-state index in [9.17, 15) is 13.2 Å². The number of carbonyl (C=O) groups excluding carboxylic acids is 1. The van der Waals surface area contributed by atoms with Gasteiger partial charge in [0.2, 0.25) is 15.9 Å². The molecule has 3 rings (SSSR count). The molecule has 1 saturated heterocycles. The molecule has 0 bridgehead atoms. The molecule has 1 aliphatic heterocycles. The second-order valence-corrected chi connectivity index (χ2v) is 9.30. The van der Waals surface area contributed by atoms with Crippen molar-refractivity contribution in [2.24, 2.45) is 0 Å². The molecular weight excluding hydrogens is 388 g/mol. The van der Waals surface area contributed by atoms with Crippen molar-refractivity contribution in [1.29, 1.82) is 0 Å². The van der Waals surface area contributed by atoms with Gasteiger partial charge in [-0.05, 0) is 54.7 Å². The minimum Gasteiger partial charge on any atom is -0.492 e. The Bertz CT molecular complexity index is 986. The normalized spacial score (nSPS) is 14.6. The van der Waals surface area contributed by atoms with Crippen LogP contribution in [-0.4, -0.2) is 34.0 Å². The SMILES string of the molecule is Cc1cc(S(=O)(=O)NCCOc2ccccc2C(C)C)ccc1N1CCCC1=O. The van der Waals surface area contributed by atoms with Crippen molar-refractivity contribution in [2.75, 3.05) is 24.6 Å². The molecule has 0 saturated carbocycles. The van der Waals surface area contributed by atoms with E-state index in [4.69, 9.17) is 4.74 Å². The van der Waals surface area contributed by atoms with Crippen LogP contribution in [-0.2, 0) is 14.8 Å². The number of sulfonamides is 1. The van der Waals surface area contributed by atoms with Crippen LogP contribution in [0.25, 0.3) is 0 Å². The maximum Gasteiger partial charge on any atom is 0.240 e. The predicted octanol–water partition coefficient (Wildman–Crippen LogP) is 3.60. The minimum absolute atomic E-state index is 0.0839. The Morgan fingerprint density at radius 3 is 2.59 bits per heavy atom. The Morgan fingerprint density at radius 1 is 1.17 bits per heavy atom. The molecule has 6 nitrogen and oxygen atoms in total. The lowest BCUT2D eigenvalue weighted by atomic mass is 10.0. The topological polar surface area (TPSA) is 75.7 Å². The Balaban J connectivity index is 1.61. The summed E-state index contributed by atoms with van der Waals surface area (Å²) in [5, 5.41) is 0. The number of benzene rings is 2. The highest BCUT2D eigenvalue weighted by atomic mass is 32.2. The molecule has 2 aromatic rings. The van der Waals surface area contributed by atoms with Crippen molar-refractivity contribution < 1.29 is 17.9 Å². The molecule has 0 atom stereocenters. The molecule has 1 aliphatic rings. The summed E-state index contributed by atoms with van der Waals surface area (Å²) in [7, 11) is -3.65. The highest BCUT2D eigenvalue weighted by molar-refractivity contribution is 7.89. The molecule has 0 unspecified atom stereocenters. The monoisotopic (exact) mass is 416 g/mol. The zero-order chi connectivity index (χ0) is 21.0. The van der Waals surface area contributed by atoms with E-state index in [0.717, 1.165) is 29.0 Å². The van der Waals surface area contributed by atoms with Crippen molar-refractivity contribution in [3.63, 3.8) is 0 Å². The molecule has 156 valence electrons. The van der Waals surface area contributed by atoms with Crippen LogP contribution in [0.15, 0.2) is 47.4 Å². The standard InChI is InChI=1S/C22H28N2O4S/c1-16(2)19-7-4-5-8-21(19)28-14-12-23-29(26,27)18-10-11-20(17(3)15-18)24-13-6-9-22(24)25/h4-5,7-8,10-11,15-16,23H,6,9,12-14H2,1-3H3. The maximum absolute atomic E-state index is 12.6. The molecule has 1 heterocycles. The van der Waals surface area contributed by atoms with Gasteiger partial charge in [-0.1, -0.05) is 32.0 Å². The first-order valence-electron chi connectivity index (χ1n) is 9.92. The fourth-order valence-electron chi connectivity index (χ4n) is 3.51. The van der Waals surface area contributed by atoms with Gasteiger partial charge in [-0.15, -0.1) is 0 Å². The van der Waals surface area contributed by atoms with Crippen LogP contribution in [0.4, 0.5) is 5.69 Å². The van der Waals surface area contributed by atoms with Crippen molar-refractivity contribution in [1.82, 2.24) is 4.72 Å². The number of nitrogens with zero attached hydrogens (tertiary/aromatic N) is 1. The predicted molar refractivity (Wildman–Crippen MR) is 114 cm³/mol. The summed E-state index contributed by atoms with van der Waals surface area (Å²) >= 11 is 0. The first-order chi connectivity index (χ1) is 13.8. The summed E-state index contributed by atoms with van der Waals surface area (Å²) in [6, 6.07) is 12.6. The Kier molecular flexibility index (Phi) is 6.59. The number of hydrogen-bond donors (Lipinski definition) is 1. The fourth-order valence-corrected chi connectivity index (χ4v) is 4.61. The summed E-state index contributed by atoms with van der Waals surface area (Å²) in [4.78, 5) is 13.9. The van der Waals surface area contributed by atoms with Gasteiger partial charge >= 0.3 is 0 Å². The summed E-state index contributed by atoms with van der Waals surface area (Å²) in [5.41, 5.74) is 2.64. The Labute approximate surface area is 172 Å². The van der Waals surface area contributed by atoms with E-state index < -0.39 is 10.0 Å². The molecule has 1 fully saturated rings. The lowest BCUT2D eigenvalue weighted by molar-refractivity contribution is -0.117. The lowest BCUT2D eigenvalue weighted by Crippen LogP contribution is -2.29. The third-order valence-corrected chi connectivity index (χ3v) is 6.49. The lowest BCUT2D eigenvalue weighted by Gasteiger charge is -2.19. The molecular formula is C22H28N2O4S. The minimum atomic E-state index is -3.65. The average Bonchev–Trinajstić information content (AvgIpc) is 3.11. The van der Waals surface area contributed by atoms with E-state index in [1.165, 1.54) is 0 Å². The third-order valence-electron chi connectivity index (χ3n) is 5.04. The van der Waals surface area contributed by atoms with Crippen molar-refractivity contribution in [3.05, 3.63) is 53.6 Å². The number of nitrogens with one attached hydrogen (secondary N) is 1. The molecule has 0 aliphatic carbocycles. The zero-order valence-corrected chi connectivity index (χ0v) is 18.0. The van der Waals surface area contributed by atoms with Gasteiger partial charge in [-0.2, -0.15) is 0 Å². The second kappa shape index (κ2) is 8.97.